The number of amides is 1. The minimum Gasteiger partial charge on any atom is -0.507 e. The molecule has 0 spiro atoms. The Balaban J connectivity index is 2.30. The van der Waals surface area contributed by atoms with E-state index < -0.39 is 11.5 Å². The van der Waals surface area contributed by atoms with Crippen molar-refractivity contribution in [2.75, 3.05) is 7.05 Å². The highest BCUT2D eigenvalue weighted by atomic mass is 32.1. The van der Waals surface area contributed by atoms with E-state index in [1.807, 2.05) is 0 Å². The van der Waals surface area contributed by atoms with E-state index in [0.29, 0.717) is 12.1 Å². The van der Waals surface area contributed by atoms with E-state index in [1.165, 1.54) is 7.05 Å². The van der Waals surface area contributed by atoms with Gasteiger partial charge in [0.15, 0.2) is 17.2 Å². The Hall–Kier alpha value is -2.13. The number of carbonyl (C=O) groups excluding carboxylic acids is 2. The average molecular weight is 324 g/mol. The SMILES string of the molecule is CCC(=O)c1csc(N=NC2=C(O)C(C)(C)ON(C)C2=O)n1. The number of hydrogen-bond donors (Lipinski definition) is 1. The van der Waals surface area contributed by atoms with E-state index in [4.69, 9.17) is 4.84 Å². The number of likely N-dealkylation sites (N-methyl/N-ethyl adjacent to an activating group) is 1. The third-order valence-corrected chi connectivity index (χ3v) is 3.71. The van der Waals surface area contributed by atoms with E-state index >= 15 is 0 Å². The third-order valence-electron chi connectivity index (χ3n) is 2.98. The van der Waals surface area contributed by atoms with Gasteiger partial charge in [-0.15, -0.1) is 21.6 Å². The Kier molecular flexibility index (Phi) is 4.38. The molecule has 0 unspecified atom stereocenters. The molecule has 1 amide bonds. The molecule has 22 heavy (non-hydrogen) atoms. The molecule has 1 aliphatic rings. The molecular formula is C13H16N4O4S. The van der Waals surface area contributed by atoms with Gasteiger partial charge in [0.1, 0.15) is 11.3 Å². The molecule has 0 radical (unpaired) electrons. The molecule has 1 aromatic heterocycles. The van der Waals surface area contributed by atoms with Gasteiger partial charge in [0, 0.05) is 18.8 Å². The Morgan fingerprint density at radius 1 is 1.50 bits per heavy atom. The molecule has 1 aliphatic heterocycles. The number of thiazole rings is 1. The quantitative estimate of drug-likeness (QED) is 0.677. The van der Waals surface area contributed by atoms with Gasteiger partial charge in [-0.1, -0.05) is 6.92 Å². The Bertz CT molecular complexity index is 677. The van der Waals surface area contributed by atoms with Crippen LogP contribution in [0.5, 0.6) is 0 Å². The highest BCUT2D eigenvalue weighted by Crippen LogP contribution is 2.30. The molecule has 0 aromatic carbocycles. The lowest BCUT2D eigenvalue weighted by Gasteiger charge is -2.34. The molecule has 8 nitrogen and oxygen atoms in total. The van der Waals surface area contributed by atoms with Crippen molar-refractivity contribution in [3.05, 3.63) is 22.5 Å². The van der Waals surface area contributed by atoms with E-state index in [0.717, 1.165) is 16.4 Å². The number of azo groups is 1. The number of nitrogens with zero attached hydrogens (tertiary/aromatic N) is 4. The van der Waals surface area contributed by atoms with E-state index in [9.17, 15) is 14.7 Å². The van der Waals surface area contributed by atoms with Crippen LogP contribution in [0.1, 0.15) is 37.7 Å². The average Bonchev–Trinajstić information content (AvgIpc) is 2.93. The summed E-state index contributed by atoms with van der Waals surface area (Å²) in [5.41, 5.74) is -0.976. The topological polar surface area (TPSA) is 104 Å². The Morgan fingerprint density at radius 3 is 2.82 bits per heavy atom. The summed E-state index contributed by atoms with van der Waals surface area (Å²) in [7, 11) is 1.42. The first-order valence-electron chi connectivity index (χ1n) is 6.57. The number of aromatic nitrogens is 1. The van der Waals surface area contributed by atoms with Crippen molar-refractivity contribution in [3.63, 3.8) is 0 Å². The summed E-state index contributed by atoms with van der Waals surface area (Å²) in [6, 6.07) is 0. The summed E-state index contributed by atoms with van der Waals surface area (Å²) in [6.45, 7) is 4.94. The minimum atomic E-state index is -1.08. The maximum absolute atomic E-state index is 12.0. The smallest absolute Gasteiger partial charge is 0.301 e. The number of rotatable bonds is 4. The zero-order valence-electron chi connectivity index (χ0n) is 12.7. The zero-order valence-corrected chi connectivity index (χ0v) is 13.5. The number of aliphatic hydroxyl groups excluding tert-OH is 1. The Morgan fingerprint density at radius 2 is 2.18 bits per heavy atom. The maximum atomic E-state index is 12.0. The number of ketones is 1. The van der Waals surface area contributed by atoms with Crippen LogP contribution in [0.3, 0.4) is 0 Å². The van der Waals surface area contributed by atoms with Crippen molar-refractivity contribution < 1.29 is 19.5 Å². The molecule has 118 valence electrons. The van der Waals surface area contributed by atoms with Gasteiger partial charge in [-0.25, -0.2) is 10.0 Å². The van der Waals surface area contributed by atoms with Gasteiger partial charge in [0.05, 0.1) is 0 Å². The lowest BCUT2D eigenvalue weighted by molar-refractivity contribution is -0.223. The van der Waals surface area contributed by atoms with Crippen molar-refractivity contribution in [1.82, 2.24) is 10.0 Å². The number of hydrogen-bond acceptors (Lipinski definition) is 8. The highest BCUT2D eigenvalue weighted by molar-refractivity contribution is 7.13. The summed E-state index contributed by atoms with van der Waals surface area (Å²) >= 11 is 1.13. The molecule has 0 aliphatic carbocycles. The van der Waals surface area contributed by atoms with Crippen molar-refractivity contribution in [2.45, 2.75) is 32.8 Å². The van der Waals surface area contributed by atoms with Gasteiger partial charge in [-0.3, -0.25) is 14.4 Å². The molecule has 2 rings (SSSR count). The number of carbonyl (C=O) groups is 2. The predicted octanol–water partition coefficient (Wildman–Crippen LogP) is 2.77. The highest BCUT2D eigenvalue weighted by Gasteiger charge is 2.39. The fraction of sp³-hybridized carbons (Fsp3) is 0.462. The second-order valence-corrected chi connectivity index (χ2v) is 5.93. The normalized spacial score (nSPS) is 18.4. The molecule has 2 heterocycles. The van der Waals surface area contributed by atoms with Crippen LogP contribution in [0.25, 0.3) is 0 Å². The van der Waals surface area contributed by atoms with Crippen LogP contribution in [0.2, 0.25) is 0 Å². The molecule has 1 aromatic rings. The number of aliphatic hydroxyl groups is 1. The second-order valence-electron chi connectivity index (χ2n) is 5.09. The number of hydroxylamine groups is 2. The van der Waals surface area contributed by atoms with Gasteiger partial charge in [-0.2, -0.15) is 0 Å². The van der Waals surface area contributed by atoms with E-state index in [2.05, 4.69) is 15.2 Å². The van der Waals surface area contributed by atoms with Crippen LogP contribution < -0.4 is 0 Å². The largest absolute Gasteiger partial charge is 0.507 e. The summed E-state index contributed by atoms with van der Waals surface area (Å²) in [4.78, 5) is 32.7. The third kappa shape index (κ3) is 3.04. The summed E-state index contributed by atoms with van der Waals surface area (Å²) in [5, 5.41) is 20.5. The van der Waals surface area contributed by atoms with Gasteiger partial charge in [-0.05, 0) is 13.8 Å². The van der Waals surface area contributed by atoms with Gasteiger partial charge < -0.3 is 5.11 Å². The second kappa shape index (κ2) is 5.93. The van der Waals surface area contributed by atoms with Crippen LogP contribution >= 0.6 is 11.3 Å². The first kappa shape index (κ1) is 16.2. The molecule has 0 bridgehead atoms. The van der Waals surface area contributed by atoms with Gasteiger partial charge in [0.25, 0.3) is 0 Å². The predicted molar refractivity (Wildman–Crippen MR) is 78.8 cm³/mol. The van der Waals surface area contributed by atoms with Crippen LogP contribution in [0, 0.1) is 0 Å². The first-order valence-corrected chi connectivity index (χ1v) is 7.45. The minimum absolute atomic E-state index is 0.0947. The molecule has 1 N–H and O–H groups in total. The van der Waals surface area contributed by atoms with Crippen LogP contribution in [0.4, 0.5) is 5.13 Å². The number of Topliss-reactive ketones (excluding diaryl/α,β-unsaturated/α-hetero) is 1. The van der Waals surface area contributed by atoms with Crippen molar-refractivity contribution in [3.8, 4) is 0 Å². The first-order chi connectivity index (χ1) is 10.3. The lowest BCUT2D eigenvalue weighted by atomic mass is 10.0. The van der Waals surface area contributed by atoms with Crippen LogP contribution in [-0.4, -0.2) is 39.5 Å². The van der Waals surface area contributed by atoms with E-state index in [1.54, 1.807) is 26.2 Å². The summed E-state index contributed by atoms with van der Waals surface area (Å²) in [6.07, 6.45) is 0.348. The van der Waals surface area contributed by atoms with Crippen molar-refractivity contribution in [2.24, 2.45) is 10.2 Å². The Labute approximate surface area is 131 Å². The molecule has 9 heteroatoms. The molecular weight excluding hydrogens is 308 g/mol. The van der Waals surface area contributed by atoms with Gasteiger partial charge >= 0.3 is 5.91 Å². The van der Waals surface area contributed by atoms with Gasteiger partial charge in [0.2, 0.25) is 5.13 Å². The lowest BCUT2D eigenvalue weighted by Crippen LogP contribution is -2.45. The maximum Gasteiger partial charge on any atom is 0.301 e. The monoisotopic (exact) mass is 324 g/mol. The summed E-state index contributed by atoms with van der Waals surface area (Å²) in [5.74, 6) is -1.01. The molecule has 0 fully saturated rings. The molecule has 0 saturated carbocycles. The van der Waals surface area contributed by atoms with Crippen molar-refractivity contribution >= 4 is 28.2 Å². The van der Waals surface area contributed by atoms with Crippen LogP contribution in [-0.2, 0) is 9.63 Å². The molecule has 0 saturated heterocycles. The molecule has 0 atom stereocenters. The fourth-order valence-corrected chi connectivity index (χ4v) is 2.41. The fourth-order valence-electron chi connectivity index (χ4n) is 1.76. The standard InChI is InChI=1S/C13H16N4O4S/c1-5-8(18)7-6-22-12(14-7)16-15-9-10(19)13(2,3)21-17(4)11(9)20/h6,19H,5H2,1-4H3. The van der Waals surface area contributed by atoms with Crippen LogP contribution in [0.15, 0.2) is 27.1 Å². The van der Waals surface area contributed by atoms with E-state index in [-0.39, 0.29) is 22.4 Å². The summed E-state index contributed by atoms with van der Waals surface area (Å²) < 4.78 is 0. The zero-order chi connectivity index (χ0) is 16.5. The van der Waals surface area contributed by atoms with Crippen molar-refractivity contribution in [1.29, 1.82) is 0 Å².